The number of likely N-dealkylation sites (tertiary alicyclic amines) is 1. The number of rotatable bonds is 3. The number of nitrogens with zero attached hydrogens (tertiary/aromatic N) is 2. The maximum atomic E-state index is 12.0. The van der Waals surface area contributed by atoms with E-state index in [9.17, 15) is 4.79 Å². The van der Waals surface area contributed by atoms with E-state index < -0.39 is 0 Å². The SMILES string of the molecule is CCN1CCC(NC(=O)c2ccc(Br)nc2)CC1. The van der Waals surface area contributed by atoms with Crippen molar-refractivity contribution in [1.29, 1.82) is 0 Å². The predicted octanol–water partition coefficient (Wildman–Crippen LogP) is 2.06. The van der Waals surface area contributed by atoms with E-state index in [4.69, 9.17) is 0 Å². The molecule has 1 aromatic heterocycles. The van der Waals surface area contributed by atoms with Crippen molar-refractivity contribution in [2.45, 2.75) is 25.8 Å². The highest BCUT2D eigenvalue weighted by Crippen LogP contribution is 2.11. The Morgan fingerprint density at radius 1 is 1.50 bits per heavy atom. The molecule has 2 heterocycles. The molecule has 1 aliphatic rings. The van der Waals surface area contributed by atoms with Crippen LogP contribution >= 0.6 is 15.9 Å². The molecule has 2 rings (SSSR count). The molecule has 1 aromatic rings. The topological polar surface area (TPSA) is 45.2 Å². The van der Waals surface area contributed by atoms with Gasteiger partial charge in [-0.15, -0.1) is 0 Å². The van der Waals surface area contributed by atoms with Crippen molar-refractivity contribution in [1.82, 2.24) is 15.2 Å². The first-order chi connectivity index (χ1) is 8.69. The van der Waals surface area contributed by atoms with E-state index in [1.165, 1.54) is 0 Å². The fraction of sp³-hybridized carbons (Fsp3) is 0.538. The molecule has 1 fully saturated rings. The van der Waals surface area contributed by atoms with E-state index >= 15 is 0 Å². The van der Waals surface area contributed by atoms with E-state index in [2.05, 4.69) is 38.1 Å². The minimum Gasteiger partial charge on any atom is -0.349 e. The average molecular weight is 312 g/mol. The number of carbonyl (C=O) groups is 1. The van der Waals surface area contributed by atoms with Crippen LogP contribution in [0.2, 0.25) is 0 Å². The van der Waals surface area contributed by atoms with Crippen LogP contribution in [-0.4, -0.2) is 41.5 Å². The molecule has 0 unspecified atom stereocenters. The highest BCUT2D eigenvalue weighted by Gasteiger charge is 2.20. The van der Waals surface area contributed by atoms with Crippen LogP contribution in [0, 0.1) is 0 Å². The number of aromatic nitrogens is 1. The summed E-state index contributed by atoms with van der Waals surface area (Å²) in [7, 11) is 0. The fourth-order valence-electron chi connectivity index (χ4n) is 2.17. The second-order valence-corrected chi connectivity index (χ2v) is 5.36. The summed E-state index contributed by atoms with van der Waals surface area (Å²) in [5, 5.41) is 3.08. The molecule has 4 nitrogen and oxygen atoms in total. The van der Waals surface area contributed by atoms with Gasteiger partial charge in [0.25, 0.3) is 5.91 Å². The quantitative estimate of drug-likeness (QED) is 0.869. The summed E-state index contributed by atoms with van der Waals surface area (Å²) in [6.07, 6.45) is 3.66. The van der Waals surface area contributed by atoms with E-state index in [1.54, 1.807) is 18.3 Å². The number of hydrogen-bond acceptors (Lipinski definition) is 3. The van der Waals surface area contributed by atoms with Crippen molar-refractivity contribution in [3.05, 3.63) is 28.5 Å². The van der Waals surface area contributed by atoms with Crippen molar-refractivity contribution in [2.75, 3.05) is 19.6 Å². The third kappa shape index (κ3) is 3.53. The molecule has 0 saturated carbocycles. The third-order valence-corrected chi connectivity index (χ3v) is 3.83. The number of hydrogen-bond donors (Lipinski definition) is 1. The summed E-state index contributed by atoms with van der Waals surface area (Å²) in [6.45, 7) is 5.41. The highest BCUT2D eigenvalue weighted by molar-refractivity contribution is 9.10. The molecule has 1 aliphatic heterocycles. The smallest absolute Gasteiger partial charge is 0.253 e. The average Bonchev–Trinajstić information content (AvgIpc) is 2.40. The summed E-state index contributed by atoms with van der Waals surface area (Å²) in [6, 6.07) is 3.87. The molecule has 0 radical (unpaired) electrons. The molecule has 1 saturated heterocycles. The lowest BCUT2D eigenvalue weighted by Gasteiger charge is -2.31. The molecule has 1 N–H and O–H groups in total. The van der Waals surface area contributed by atoms with Crippen LogP contribution in [0.4, 0.5) is 0 Å². The summed E-state index contributed by atoms with van der Waals surface area (Å²) >= 11 is 3.26. The lowest BCUT2D eigenvalue weighted by Crippen LogP contribution is -2.44. The minimum atomic E-state index is -0.0232. The van der Waals surface area contributed by atoms with Crippen molar-refractivity contribution < 1.29 is 4.79 Å². The Morgan fingerprint density at radius 2 is 2.22 bits per heavy atom. The summed E-state index contributed by atoms with van der Waals surface area (Å²) in [5.41, 5.74) is 0.621. The normalized spacial score (nSPS) is 17.7. The van der Waals surface area contributed by atoms with E-state index in [0.29, 0.717) is 11.6 Å². The second kappa shape index (κ2) is 6.29. The molecule has 1 amide bonds. The Bertz CT molecular complexity index is 399. The van der Waals surface area contributed by atoms with Gasteiger partial charge in [-0.05, 0) is 47.4 Å². The van der Waals surface area contributed by atoms with Gasteiger partial charge in [-0.25, -0.2) is 4.98 Å². The first-order valence-electron chi connectivity index (χ1n) is 6.34. The minimum absolute atomic E-state index is 0.0232. The zero-order chi connectivity index (χ0) is 13.0. The Hall–Kier alpha value is -0.940. The summed E-state index contributed by atoms with van der Waals surface area (Å²) in [5.74, 6) is -0.0232. The van der Waals surface area contributed by atoms with E-state index in [-0.39, 0.29) is 5.91 Å². The lowest BCUT2D eigenvalue weighted by atomic mass is 10.0. The van der Waals surface area contributed by atoms with Gasteiger partial charge in [0.15, 0.2) is 0 Å². The van der Waals surface area contributed by atoms with Gasteiger partial charge in [-0.3, -0.25) is 4.79 Å². The number of amides is 1. The molecule has 98 valence electrons. The van der Waals surface area contributed by atoms with Gasteiger partial charge in [0.1, 0.15) is 4.60 Å². The molecular formula is C13H18BrN3O. The van der Waals surface area contributed by atoms with Crippen molar-refractivity contribution in [3.63, 3.8) is 0 Å². The van der Waals surface area contributed by atoms with E-state index in [1.807, 2.05) is 0 Å². The maximum absolute atomic E-state index is 12.0. The molecule has 5 heteroatoms. The largest absolute Gasteiger partial charge is 0.349 e. The molecule has 0 bridgehead atoms. The third-order valence-electron chi connectivity index (χ3n) is 3.36. The number of carbonyl (C=O) groups excluding carboxylic acids is 1. The van der Waals surface area contributed by atoms with Crippen LogP contribution < -0.4 is 5.32 Å². The fourth-order valence-corrected chi connectivity index (χ4v) is 2.41. The van der Waals surface area contributed by atoms with E-state index in [0.717, 1.165) is 37.1 Å². The van der Waals surface area contributed by atoms with Crippen LogP contribution in [-0.2, 0) is 0 Å². The van der Waals surface area contributed by atoms with Crippen LogP contribution in [0.3, 0.4) is 0 Å². The highest BCUT2D eigenvalue weighted by atomic mass is 79.9. The van der Waals surface area contributed by atoms with Gasteiger partial charge in [-0.2, -0.15) is 0 Å². The van der Waals surface area contributed by atoms with Gasteiger partial charge in [0.05, 0.1) is 5.56 Å². The number of pyridine rings is 1. The predicted molar refractivity (Wildman–Crippen MR) is 74.5 cm³/mol. The Morgan fingerprint density at radius 3 is 2.78 bits per heavy atom. The number of halogens is 1. The van der Waals surface area contributed by atoms with Crippen molar-refractivity contribution in [3.8, 4) is 0 Å². The molecule has 0 spiro atoms. The monoisotopic (exact) mass is 311 g/mol. The Kier molecular flexibility index (Phi) is 4.72. The number of piperidine rings is 1. The maximum Gasteiger partial charge on any atom is 0.253 e. The van der Waals surface area contributed by atoms with Gasteiger partial charge >= 0.3 is 0 Å². The Labute approximate surface area is 116 Å². The van der Waals surface area contributed by atoms with Gasteiger partial charge in [-0.1, -0.05) is 6.92 Å². The van der Waals surface area contributed by atoms with Crippen molar-refractivity contribution >= 4 is 21.8 Å². The van der Waals surface area contributed by atoms with Crippen LogP contribution in [0.15, 0.2) is 22.9 Å². The summed E-state index contributed by atoms with van der Waals surface area (Å²) < 4.78 is 0.746. The Balaban J connectivity index is 1.86. The molecule has 18 heavy (non-hydrogen) atoms. The van der Waals surface area contributed by atoms with Crippen LogP contribution in [0.25, 0.3) is 0 Å². The zero-order valence-corrected chi connectivity index (χ0v) is 12.1. The molecule has 0 atom stereocenters. The van der Waals surface area contributed by atoms with Gasteiger partial charge in [0, 0.05) is 25.3 Å². The molecule has 0 aliphatic carbocycles. The first-order valence-corrected chi connectivity index (χ1v) is 7.13. The van der Waals surface area contributed by atoms with Crippen LogP contribution in [0.1, 0.15) is 30.1 Å². The number of nitrogens with one attached hydrogen (secondary N) is 1. The molecular weight excluding hydrogens is 294 g/mol. The van der Waals surface area contributed by atoms with Crippen LogP contribution in [0.5, 0.6) is 0 Å². The van der Waals surface area contributed by atoms with Gasteiger partial charge in [0.2, 0.25) is 0 Å². The zero-order valence-electron chi connectivity index (χ0n) is 10.5. The second-order valence-electron chi connectivity index (χ2n) is 4.55. The van der Waals surface area contributed by atoms with Gasteiger partial charge < -0.3 is 10.2 Å². The van der Waals surface area contributed by atoms with Crippen molar-refractivity contribution in [2.24, 2.45) is 0 Å². The summed E-state index contributed by atoms with van der Waals surface area (Å²) in [4.78, 5) is 18.5. The first kappa shape index (κ1) is 13.5. The molecule has 0 aromatic carbocycles. The lowest BCUT2D eigenvalue weighted by molar-refractivity contribution is 0.0912. The standard InChI is InChI=1S/C13H18BrN3O/c1-2-17-7-5-11(6-8-17)16-13(18)10-3-4-12(14)15-9-10/h3-4,9,11H,2,5-8H2,1H3,(H,16,18).